The van der Waals surface area contributed by atoms with Crippen molar-refractivity contribution < 1.29 is 18.0 Å². The molecular weight excluding hydrogens is 411 g/mol. The third-order valence-electron chi connectivity index (χ3n) is 5.55. The molecule has 0 aromatic carbocycles. The molecule has 4 rings (SSSR count). The second-order valence-electron chi connectivity index (χ2n) is 8.08. The van der Waals surface area contributed by atoms with Crippen molar-refractivity contribution >= 4 is 11.7 Å². The lowest BCUT2D eigenvalue weighted by atomic mass is 9.94. The molecule has 0 spiro atoms. The fraction of sp³-hybridized carbons (Fsp3) is 0.550. The number of fused-ring (bicyclic) bond motifs is 1. The van der Waals surface area contributed by atoms with E-state index < -0.39 is 12.0 Å². The summed E-state index contributed by atoms with van der Waals surface area (Å²) >= 11 is 0. The molecule has 1 atom stereocenters. The number of nitrogens with zero attached hydrogens (tertiary/aromatic N) is 7. The van der Waals surface area contributed by atoms with Crippen molar-refractivity contribution in [1.82, 2.24) is 34.0 Å². The molecule has 1 amide bonds. The minimum atomic E-state index is -4.64. The number of amides is 1. The number of alkyl halides is 3. The van der Waals surface area contributed by atoms with Crippen LogP contribution in [0.15, 0.2) is 24.7 Å². The summed E-state index contributed by atoms with van der Waals surface area (Å²) in [7, 11) is 0. The highest BCUT2D eigenvalue weighted by Gasteiger charge is 2.37. The number of likely N-dealkylation sites (tertiary alicyclic amines) is 1. The summed E-state index contributed by atoms with van der Waals surface area (Å²) in [5.74, 6) is -0.205. The maximum Gasteiger partial charge on any atom is 0.453 e. The lowest BCUT2D eigenvalue weighted by Gasteiger charge is -2.33. The number of halogens is 3. The molecule has 1 unspecified atom stereocenters. The van der Waals surface area contributed by atoms with Crippen molar-refractivity contribution in [3.8, 4) is 0 Å². The lowest BCUT2D eigenvalue weighted by Crippen LogP contribution is -2.40. The molecule has 11 heteroatoms. The minimum Gasteiger partial charge on any atom is -0.342 e. The third-order valence-corrected chi connectivity index (χ3v) is 5.55. The third kappa shape index (κ3) is 4.40. The molecule has 0 N–H and O–H groups in total. The van der Waals surface area contributed by atoms with Gasteiger partial charge in [-0.25, -0.2) is 14.5 Å². The fourth-order valence-electron chi connectivity index (χ4n) is 4.07. The van der Waals surface area contributed by atoms with Crippen molar-refractivity contribution in [1.29, 1.82) is 0 Å². The van der Waals surface area contributed by atoms with Crippen molar-refractivity contribution in [2.75, 3.05) is 13.1 Å². The number of hydrogen-bond acceptors (Lipinski definition) is 5. The molecule has 1 aliphatic heterocycles. The Hall–Kier alpha value is -2.98. The van der Waals surface area contributed by atoms with Gasteiger partial charge in [0.15, 0.2) is 0 Å². The minimum absolute atomic E-state index is 0.0213. The smallest absolute Gasteiger partial charge is 0.342 e. The molecule has 8 nitrogen and oxygen atoms in total. The van der Waals surface area contributed by atoms with Gasteiger partial charge in [-0.3, -0.25) is 4.79 Å². The van der Waals surface area contributed by atoms with Crippen LogP contribution in [-0.2, 0) is 17.5 Å². The Morgan fingerprint density at radius 2 is 2.06 bits per heavy atom. The summed E-state index contributed by atoms with van der Waals surface area (Å²) in [5.41, 5.74) is 0.585. The van der Waals surface area contributed by atoms with Crippen LogP contribution >= 0.6 is 0 Å². The molecule has 3 aromatic heterocycles. The van der Waals surface area contributed by atoms with Crippen molar-refractivity contribution in [2.24, 2.45) is 0 Å². The first-order valence-electron chi connectivity index (χ1n) is 10.3. The van der Waals surface area contributed by atoms with E-state index in [-0.39, 0.29) is 23.5 Å². The predicted octanol–water partition coefficient (Wildman–Crippen LogP) is 3.26. The molecule has 3 aromatic rings. The van der Waals surface area contributed by atoms with Gasteiger partial charge in [-0.1, -0.05) is 13.8 Å². The standard InChI is InChI=1S/C20H24F3N7O/c1-13(2)17-24-8-11-28(17)10-6-16(31)29-9-3-4-14(12-29)15-5-7-25-19-26-18(20(21,22)23)27-30(15)19/h5,7-8,11,13-14H,3-4,6,9-10,12H2,1-2H3. The Morgan fingerprint density at radius 1 is 1.26 bits per heavy atom. The Morgan fingerprint density at radius 3 is 2.81 bits per heavy atom. The maximum absolute atomic E-state index is 13.0. The normalized spacial score (nSPS) is 17.6. The van der Waals surface area contributed by atoms with E-state index in [1.54, 1.807) is 17.2 Å². The number of imidazole rings is 1. The monoisotopic (exact) mass is 435 g/mol. The van der Waals surface area contributed by atoms with Gasteiger partial charge < -0.3 is 9.47 Å². The molecule has 1 aliphatic rings. The predicted molar refractivity (Wildman–Crippen MR) is 105 cm³/mol. The van der Waals surface area contributed by atoms with Gasteiger partial charge in [-0.05, 0) is 18.9 Å². The number of hydrogen-bond donors (Lipinski definition) is 0. The molecule has 0 aliphatic carbocycles. The second-order valence-corrected chi connectivity index (χ2v) is 8.08. The average molecular weight is 435 g/mol. The highest BCUT2D eigenvalue weighted by Crippen LogP contribution is 2.30. The van der Waals surface area contributed by atoms with Crippen LogP contribution in [0.5, 0.6) is 0 Å². The highest BCUT2D eigenvalue weighted by molar-refractivity contribution is 5.76. The molecule has 1 saturated heterocycles. The van der Waals surface area contributed by atoms with Gasteiger partial charge in [0.2, 0.25) is 5.91 Å². The SMILES string of the molecule is CC(C)c1nccn1CCC(=O)N1CCCC(c2ccnc3nc(C(F)(F)F)nn23)C1. The summed E-state index contributed by atoms with van der Waals surface area (Å²) in [4.78, 5) is 26.4. The molecule has 0 radical (unpaired) electrons. The van der Waals surface area contributed by atoms with Crippen LogP contribution in [0.1, 0.15) is 62.3 Å². The molecule has 0 saturated carbocycles. The van der Waals surface area contributed by atoms with Crippen LogP contribution in [-0.4, -0.2) is 53.0 Å². The first-order valence-corrected chi connectivity index (χ1v) is 10.3. The summed E-state index contributed by atoms with van der Waals surface area (Å²) in [5, 5.41) is 3.63. The Labute approximate surface area is 177 Å². The van der Waals surface area contributed by atoms with Crippen LogP contribution < -0.4 is 0 Å². The van der Waals surface area contributed by atoms with Gasteiger partial charge in [-0.2, -0.15) is 18.2 Å². The number of aromatic nitrogens is 6. The van der Waals surface area contributed by atoms with Crippen LogP contribution in [0, 0.1) is 0 Å². The van der Waals surface area contributed by atoms with E-state index in [0.717, 1.165) is 23.2 Å². The van der Waals surface area contributed by atoms with Crippen LogP contribution in [0.4, 0.5) is 13.2 Å². The number of aryl methyl sites for hydroxylation is 1. The van der Waals surface area contributed by atoms with E-state index in [1.165, 1.54) is 6.20 Å². The van der Waals surface area contributed by atoms with Gasteiger partial charge >= 0.3 is 6.18 Å². The Balaban J connectivity index is 1.48. The Kier molecular flexibility index (Phi) is 5.67. The molecule has 0 bridgehead atoms. The van der Waals surface area contributed by atoms with E-state index >= 15 is 0 Å². The number of carbonyl (C=O) groups is 1. The Bertz CT molecular complexity index is 1070. The first-order chi connectivity index (χ1) is 14.7. The van der Waals surface area contributed by atoms with E-state index in [4.69, 9.17) is 0 Å². The fourth-order valence-corrected chi connectivity index (χ4v) is 4.07. The van der Waals surface area contributed by atoms with Gasteiger partial charge in [-0.15, -0.1) is 5.10 Å². The van der Waals surface area contributed by atoms with Gasteiger partial charge in [0, 0.05) is 56.5 Å². The van der Waals surface area contributed by atoms with Crippen LogP contribution in [0.2, 0.25) is 0 Å². The lowest BCUT2D eigenvalue weighted by molar-refractivity contribution is -0.144. The first kappa shape index (κ1) is 21.3. The summed E-state index contributed by atoms with van der Waals surface area (Å²) in [6, 6.07) is 1.65. The molecule has 31 heavy (non-hydrogen) atoms. The molecular formula is C20H24F3N7O. The van der Waals surface area contributed by atoms with Gasteiger partial charge in [0.1, 0.15) is 5.82 Å². The van der Waals surface area contributed by atoms with Crippen molar-refractivity contribution in [3.63, 3.8) is 0 Å². The highest BCUT2D eigenvalue weighted by atomic mass is 19.4. The summed E-state index contributed by atoms with van der Waals surface area (Å²) < 4.78 is 42.2. The molecule has 1 fully saturated rings. The number of rotatable bonds is 5. The summed E-state index contributed by atoms with van der Waals surface area (Å²) in [6.45, 7) is 5.72. The number of carbonyl (C=O) groups excluding carboxylic acids is 1. The van der Waals surface area contributed by atoms with E-state index in [2.05, 4.69) is 33.9 Å². The zero-order chi connectivity index (χ0) is 22.2. The zero-order valence-corrected chi connectivity index (χ0v) is 17.4. The maximum atomic E-state index is 13.0. The second kappa shape index (κ2) is 8.27. The quantitative estimate of drug-likeness (QED) is 0.615. The van der Waals surface area contributed by atoms with E-state index in [9.17, 15) is 18.0 Å². The van der Waals surface area contributed by atoms with Crippen molar-refractivity contribution in [2.45, 2.75) is 57.7 Å². The zero-order valence-electron chi connectivity index (χ0n) is 17.4. The van der Waals surface area contributed by atoms with E-state index in [1.807, 2.05) is 10.8 Å². The average Bonchev–Trinajstić information content (AvgIpc) is 3.38. The van der Waals surface area contributed by atoms with E-state index in [0.29, 0.717) is 31.7 Å². The van der Waals surface area contributed by atoms with Crippen LogP contribution in [0.3, 0.4) is 0 Å². The van der Waals surface area contributed by atoms with Crippen LogP contribution in [0.25, 0.3) is 5.78 Å². The van der Waals surface area contributed by atoms with Gasteiger partial charge in [0.05, 0.1) is 5.69 Å². The van der Waals surface area contributed by atoms with Gasteiger partial charge in [0.25, 0.3) is 11.6 Å². The largest absolute Gasteiger partial charge is 0.453 e. The van der Waals surface area contributed by atoms with Crippen molar-refractivity contribution in [3.05, 3.63) is 42.0 Å². The summed E-state index contributed by atoms with van der Waals surface area (Å²) in [6.07, 6.45) is 2.27. The molecule has 166 valence electrons. The number of piperidine rings is 1. The topological polar surface area (TPSA) is 81.2 Å². The molecule has 4 heterocycles.